The van der Waals surface area contributed by atoms with Gasteiger partial charge in [-0.2, -0.15) is 0 Å². The number of aryl methyl sites for hydroxylation is 1. The molecule has 5 heteroatoms. The van der Waals surface area contributed by atoms with Gasteiger partial charge in [0.05, 0.1) is 6.10 Å². The molecule has 1 atom stereocenters. The van der Waals surface area contributed by atoms with Gasteiger partial charge in [0.15, 0.2) is 0 Å². The second-order valence-corrected chi connectivity index (χ2v) is 5.97. The molecule has 1 fully saturated rings. The highest BCUT2D eigenvalue weighted by molar-refractivity contribution is 9.10. The number of nitrogens with zero attached hydrogens (tertiary/aromatic N) is 2. The minimum Gasteiger partial charge on any atom is -0.376 e. The van der Waals surface area contributed by atoms with E-state index in [0.717, 1.165) is 42.6 Å². The van der Waals surface area contributed by atoms with E-state index in [0.29, 0.717) is 6.54 Å². The van der Waals surface area contributed by atoms with E-state index in [4.69, 9.17) is 4.74 Å². The van der Waals surface area contributed by atoms with E-state index in [1.807, 2.05) is 23.9 Å². The summed E-state index contributed by atoms with van der Waals surface area (Å²) in [6.45, 7) is 4.47. The Kier molecular flexibility index (Phi) is 5.05. The maximum atomic E-state index is 12.5. The second-order valence-electron chi connectivity index (χ2n) is 5.06. The van der Waals surface area contributed by atoms with E-state index in [-0.39, 0.29) is 12.0 Å². The molecule has 0 bridgehead atoms. The summed E-state index contributed by atoms with van der Waals surface area (Å²) in [6, 6.07) is 1.89. The number of carbonyl (C=O) groups is 1. The molecule has 1 aromatic heterocycles. The molecule has 1 aliphatic rings. The molecule has 4 nitrogen and oxygen atoms in total. The molecule has 1 aromatic rings. The summed E-state index contributed by atoms with van der Waals surface area (Å²) in [4.78, 5) is 14.2. The zero-order chi connectivity index (χ0) is 13.8. The normalized spacial score (nSPS) is 18.8. The Morgan fingerprint density at radius 3 is 3.05 bits per heavy atom. The maximum Gasteiger partial charge on any atom is 0.270 e. The van der Waals surface area contributed by atoms with Crippen molar-refractivity contribution in [3.63, 3.8) is 0 Å². The predicted molar refractivity (Wildman–Crippen MR) is 78.4 cm³/mol. The standard InChI is InChI=1S/C14H21BrN2O2/c1-3-6-17-9-11(15)8-13(17)14(18)16(2)10-12-5-4-7-19-12/h8-9,12H,3-7,10H2,1-2H3. The van der Waals surface area contributed by atoms with Crippen molar-refractivity contribution in [2.75, 3.05) is 20.2 Å². The van der Waals surface area contributed by atoms with Crippen molar-refractivity contribution in [1.29, 1.82) is 0 Å². The molecule has 0 spiro atoms. The molecule has 0 saturated carbocycles. The Morgan fingerprint density at radius 1 is 1.63 bits per heavy atom. The van der Waals surface area contributed by atoms with E-state index < -0.39 is 0 Å². The largest absolute Gasteiger partial charge is 0.376 e. The van der Waals surface area contributed by atoms with E-state index in [9.17, 15) is 4.79 Å². The average molecular weight is 329 g/mol. The van der Waals surface area contributed by atoms with Gasteiger partial charge in [-0.15, -0.1) is 0 Å². The topological polar surface area (TPSA) is 34.5 Å². The van der Waals surface area contributed by atoms with Crippen LogP contribution in [0.25, 0.3) is 0 Å². The lowest BCUT2D eigenvalue weighted by Gasteiger charge is -2.21. The highest BCUT2D eigenvalue weighted by Gasteiger charge is 2.22. The molecular weight excluding hydrogens is 308 g/mol. The molecule has 0 aromatic carbocycles. The number of rotatable bonds is 5. The predicted octanol–water partition coefficient (Wildman–Crippen LogP) is 2.91. The van der Waals surface area contributed by atoms with Gasteiger partial charge in [-0.3, -0.25) is 4.79 Å². The SMILES string of the molecule is CCCn1cc(Br)cc1C(=O)N(C)CC1CCCO1. The van der Waals surface area contributed by atoms with Crippen LogP contribution in [0.15, 0.2) is 16.7 Å². The summed E-state index contributed by atoms with van der Waals surface area (Å²) in [5.74, 6) is 0.0645. The molecule has 1 saturated heterocycles. The van der Waals surface area contributed by atoms with E-state index in [1.165, 1.54) is 0 Å². The second kappa shape index (κ2) is 6.57. The van der Waals surface area contributed by atoms with Gasteiger partial charge in [0.2, 0.25) is 0 Å². The molecule has 1 amide bonds. The van der Waals surface area contributed by atoms with Crippen molar-refractivity contribution in [1.82, 2.24) is 9.47 Å². The van der Waals surface area contributed by atoms with Crippen LogP contribution in [0.3, 0.4) is 0 Å². The number of likely N-dealkylation sites (N-methyl/N-ethyl adjacent to an activating group) is 1. The first-order valence-corrected chi connectivity index (χ1v) is 7.64. The Morgan fingerprint density at radius 2 is 2.42 bits per heavy atom. The number of amides is 1. The molecule has 0 radical (unpaired) electrons. The van der Waals surface area contributed by atoms with Gasteiger partial charge in [-0.1, -0.05) is 6.92 Å². The van der Waals surface area contributed by atoms with Gasteiger partial charge in [0.25, 0.3) is 5.91 Å². The van der Waals surface area contributed by atoms with Crippen LogP contribution in [0.2, 0.25) is 0 Å². The third-order valence-electron chi connectivity index (χ3n) is 3.40. The van der Waals surface area contributed by atoms with Crippen molar-refractivity contribution in [3.05, 3.63) is 22.4 Å². The van der Waals surface area contributed by atoms with Gasteiger partial charge in [0, 0.05) is 37.4 Å². The van der Waals surface area contributed by atoms with Crippen molar-refractivity contribution < 1.29 is 9.53 Å². The molecule has 2 rings (SSSR count). The number of halogens is 1. The van der Waals surface area contributed by atoms with Crippen LogP contribution in [0.4, 0.5) is 0 Å². The average Bonchev–Trinajstić information content (AvgIpc) is 2.98. The lowest BCUT2D eigenvalue weighted by molar-refractivity contribution is 0.0579. The maximum absolute atomic E-state index is 12.5. The molecule has 0 N–H and O–H groups in total. The smallest absolute Gasteiger partial charge is 0.270 e. The van der Waals surface area contributed by atoms with Gasteiger partial charge in [-0.25, -0.2) is 0 Å². The minimum atomic E-state index is 0.0645. The summed E-state index contributed by atoms with van der Waals surface area (Å²) in [7, 11) is 1.85. The molecule has 2 heterocycles. The highest BCUT2D eigenvalue weighted by atomic mass is 79.9. The van der Waals surface area contributed by atoms with E-state index >= 15 is 0 Å². The van der Waals surface area contributed by atoms with Gasteiger partial charge >= 0.3 is 0 Å². The zero-order valence-corrected chi connectivity index (χ0v) is 13.1. The third kappa shape index (κ3) is 3.60. The van der Waals surface area contributed by atoms with Crippen LogP contribution in [-0.4, -0.2) is 41.7 Å². The molecule has 0 aliphatic carbocycles. The summed E-state index contributed by atoms with van der Waals surface area (Å²) in [6.07, 6.45) is 5.34. The number of aromatic nitrogens is 1. The van der Waals surface area contributed by atoms with Crippen LogP contribution in [-0.2, 0) is 11.3 Å². The molecule has 19 heavy (non-hydrogen) atoms. The van der Waals surface area contributed by atoms with Gasteiger partial charge in [0.1, 0.15) is 5.69 Å². The Hall–Kier alpha value is -0.810. The van der Waals surface area contributed by atoms with Crippen LogP contribution < -0.4 is 0 Å². The van der Waals surface area contributed by atoms with Gasteiger partial charge in [-0.05, 0) is 41.3 Å². The molecule has 1 unspecified atom stereocenters. The van der Waals surface area contributed by atoms with Crippen molar-refractivity contribution in [3.8, 4) is 0 Å². The lowest BCUT2D eigenvalue weighted by Crippen LogP contribution is -2.35. The highest BCUT2D eigenvalue weighted by Crippen LogP contribution is 2.18. The van der Waals surface area contributed by atoms with Crippen molar-refractivity contribution >= 4 is 21.8 Å². The third-order valence-corrected chi connectivity index (χ3v) is 3.83. The summed E-state index contributed by atoms with van der Waals surface area (Å²) in [5.41, 5.74) is 0.745. The van der Waals surface area contributed by atoms with E-state index in [1.54, 1.807) is 4.90 Å². The fourth-order valence-corrected chi connectivity index (χ4v) is 2.92. The van der Waals surface area contributed by atoms with Gasteiger partial charge < -0.3 is 14.2 Å². The first-order chi connectivity index (χ1) is 9.11. The quantitative estimate of drug-likeness (QED) is 0.832. The fourth-order valence-electron chi connectivity index (χ4n) is 2.45. The van der Waals surface area contributed by atoms with E-state index in [2.05, 4.69) is 22.9 Å². The first kappa shape index (κ1) is 14.6. The molecular formula is C14H21BrN2O2. The zero-order valence-electron chi connectivity index (χ0n) is 11.6. The summed E-state index contributed by atoms with van der Waals surface area (Å²) < 4.78 is 8.55. The summed E-state index contributed by atoms with van der Waals surface area (Å²) >= 11 is 3.44. The number of hydrogen-bond acceptors (Lipinski definition) is 2. The molecule has 106 valence electrons. The van der Waals surface area contributed by atoms with Crippen LogP contribution >= 0.6 is 15.9 Å². The summed E-state index contributed by atoms with van der Waals surface area (Å²) in [5, 5.41) is 0. The fraction of sp³-hybridized carbons (Fsp3) is 0.643. The van der Waals surface area contributed by atoms with Crippen LogP contribution in [0.1, 0.15) is 36.7 Å². The lowest BCUT2D eigenvalue weighted by atomic mass is 10.2. The number of carbonyl (C=O) groups excluding carboxylic acids is 1. The Bertz CT molecular complexity index is 439. The first-order valence-electron chi connectivity index (χ1n) is 6.84. The van der Waals surface area contributed by atoms with Crippen LogP contribution in [0, 0.1) is 0 Å². The number of ether oxygens (including phenoxy) is 1. The van der Waals surface area contributed by atoms with Crippen molar-refractivity contribution in [2.24, 2.45) is 0 Å². The van der Waals surface area contributed by atoms with Crippen LogP contribution in [0.5, 0.6) is 0 Å². The monoisotopic (exact) mass is 328 g/mol. The number of hydrogen-bond donors (Lipinski definition) is 0. The minimum absolute atomic E-state index is 0.0645. The Labute approximate surface area is 122 Å². The molecule has 1 aliphatic heterocycles. The van der Waals surface area contributed by atoms with Crippen molar-refractivity contribution in [2.45, 2.75) is 38.8 Å². The Balaban J connectivity index is 2.04.